The quantitative estimate of drug-likeness (QED) is 0.334. The fourth-order valence-corrected chi connectivity index (χ4v) is 4.13. The van der Waals surface area contributed by atoms with E-state index in [1.807, 2.05) is 44.2 Å². The molecule has 0 saturated carbocycles. The smallest absolute Gasteiger partial charge is 0.408 e. The molecule has 3 amide bonds. The van der Waals surface area contributed by atoms with E-state index in [1.54, 1.807) is 39.0 Å². The summed E-state index contributed by atoms with van der Waals surface area (Å²) in [6.45, 7) is 11.3. The zero-order valence-corrected chi connectivity index (χ0v) is 23.5. The molecule has 0 spiro atoms. The molecule has 0 saturated heterocycles. The molecule has 2 rings (SSSR count). The Morgan fingerprint density at radius 2 is 1.58 bits per heavy atom. The number of aromatic hydroxyl groups is 1. The Balaban J connectivity index is 2.55. The average Bonchev–Trinajstić information content (AvgIpc) is 2.82. The minimum atomic E-state index is -1.08. The fraction of sp³-hybridized carbons (Fsp3) is 0.500. The summed E-state index contributed by atoms with van der Waals surface area (Å²) in [5.41, 5.74) is 0.424. The number of nitrogens with zero attached hydrogens (tertiary/aromatic N) is 1. The minimum absolute atomic E-state index is 0.0793. The van der Waals surface area contributed by atoms with Crippen molar-refractivity contribution in [1.82, 2.24) is 15.5 Å². The van der Waals surface area contributed by atoms with Crippen LogP contribution in [-0.4, -0.2) is 52.1 Å². The van der Waals surface area contributed by atoms with E-state index >= 15 is 0 Å². The number of phenols is 1. The van der Waals surface area contributed by atoms with Gasteiger partial charge in [-0.05, 0) is 52.7 Å². The fourth-order valence-electron chi connectivity index (χ4n) is 4.13. The van der Waals surface area contributed by atoms with Crippen molar-refractivity contribution in [2.75, 3.05) is 6.54 Å². The predicted molar refractivity (Wildman–Crippen MR) is 149 cm³/mol. The Bertz CT molecular complexity index is 1050. The second-order valence-corrected chi connectivity index (χ2v) is 10.8. The van der Waals surface area contributed by atoms with Gasteiger partial charge in [0.2, 0.25) is 11.8 Å². The summed E-state index contributed by atoms with van der Waals surface area (Å²) in [7, 11) is 0. The van der Waals surface area contributed by atoms with E-state index in [4.69, 9.17) is 4.74 Å². The number of rotatable bonds is 12. The number of carbonyl (C=O) groups is 3. The Morgan fingerprint density at radius 3 is 2.16 bits per heavy atom. The van der Waals surface area contributed by atoms with Gasteiger partial charge in [-0.2, -0.15) is 0 Å². The van der Waals surface area contributed by atoms with Crippen LogP contribution >= 0.6 is 0 Å². The molecular formula is C30H43N3O5. The van der Waals surface area contributed by atoms with E-state index in [2.05, 4.69) is 17.6 Å². The molecular weight excluding hydrogens is 482 g/mol. The third-order valence-corrected chi connectivity index (χ3v) is 5.78. The van der Waals surface area contributed by atoms with Gasteiger partial charge in [-0.1, -0.05) is 68.3 Å². The summed E-state index contributed by atoms with van der Waals surface area (Å²) >= 11 is 0. The van der Waals surface area contributed by atoms with Crippen LogP contribution in [0.25, 0.3) is 0 Å². The molecule has 38 heavy (non-hydrogen) atoms. The maximum Gasteiger partial charge on any atom is 0.408 e. The van der Waals surface area contributed by atoms with Crippen molar-refractivity contribution < 1.29 is 24.2 Å². The lowest BCUT2D eigenvalue weighted by Gasteiger charge is -2.35. The van der Waals surface area contributed by atoms with E-state index in [-0.39, 0.29) is 24.8 Å². The van der Waals surface area contributed by atoms with Gasteiger partial charge in [-0.25, -0.2) is 4.79 Å². The normalized spacial score (nSPS) is 12.9. The number of nitrogens with one attached hydrogen (secondary N) is 2. The van der Waals surface area contributed by atoms with E-state index in [0.29, 0.717) is 12.0 Å². The standard InChI is InChI=1S/C30H43N3O5/c1-7-8-14-19-33(26(27(35)31-21(2)3)23-17-12-13-18-25(23)34)28(36)24(20-22-15-10-9-11-16-22)32-29(37)38-30(4,5)6/h9-13,15-18,21,24,26,34H,7-8,14,19-20H2,1-6H3,(H,31,35)(H,32,37). The van der Waals surface area contributed by atoms with E-state index in [9.17, 15) is 19.5 Å². The Kier molecular flexibility index (Phi) is 11.6. The van der Waals surface area contributed by atoms with Crippen LogP contribution in [0.2, 0.25) is 0 Å². The highest BCUT2D eigenvalue weighted by molar-refractivity contribution is 5.92. The first-order valence-corrected chi connectivity index (χ1v) is 13.3. The first kappa shape index (κ1) is 30.7. The van der Waals surface area contributed by atoms with Crippen molar-refractivity contribution in [2.45, 2.75) is 91.0 Å². The van der Waals surface area contributed by atoms with Crippen LogP contribution in [0.3, 0.4) is 0 Å². The number of hydrogen-bond acceptors (Lipinski definition) is 5. The zero-order chi connectivity index (χ0) is 28.3. The lowest BCUT2D eigenvalue weighted by atomic mass is 9.99. The number of benzene rings is 2. The van der Waals surface area contributed by atoms with Crippen LogP contribution in [0.1, 0.15) is 78.0 Å². The van der Waals surface area contributed by atoms with Crippen LogP contribution in [0, 0.1) is 0 Å². The van der Waals surface area contributed by atoms with Crippen molar-refractivity contribution >= 4 is 17.9 Å². The molecule has 2 aromatic rings. The molecule has 2 unspecified atom stereocenters. The number of phenolic OH excluding ortho intramolecular Hbond substituents is 1. The third kappa shape index (κ3) is 9.72. The molecule has 0 aromatic heterocycles. The first-order valence-electron chi connectivity index (χ1n) is 13.3. The van der Waals surface area contributed by atoms with Crippen LogP contribution in [0.5, 0.6) is 5.75 Å². The van der Waals surface area contributed by atoms with Crippen molar-refractivity contribution in [2.24, 2.45) is 0 Å². The second-order valence-electron chi connectivity index (χ2n) is 10.8. The van der Waals surface area contributed by atoms with Gasteiger partial charge in [0.15, 0.2) is 0 Å². The minimum Gasteiger partial charge on any atom is -0.508 e. The number of hydrogen-bond donors (Lipinski definition) is 3. The van der Waals surface area contributed by atoms with Crippen molar-refractivity contribution in [3.8, 4) is 5.75 Å². The number of carbonyl (C=O) groups excluding carboxylic acids is 3. The average molecular weight is 526 g/mol. The van der Waals surface area contributed by atoms with Gasteiger partial charge in [-0.15, -0.1) is 0 Å². The molecule has 2 atom stereocenters. The van der Waals surface area contributed by atoms with E-state index in [1.165, 1.54) is 11.0 Å². The highest BCUT2D eigenvalue weighted by Crippen LogP contribution is 2.30. The zero-order valence-electron chi connectivity index (χ0n) is 23.5. The van der Waals surface area contributed by atoms with Gasteiger partial charge in [0.05, 0.1) is 0 Å². The Hall–Kier alpha value is -3.55. The topological polar surface area (TPSA) is 108 Å². The molecule has 0 radical (unpaired) electrons. The van der Waals surface area contributed by atoms with Crippen molar-refractivity contribution in [3.63, 3.8) is 0 Å². The first-order chi connectivity index (χ1) is 17.9. The molecule has 0 aliphatic rings. The van der Waals surface area contributed by atoms with Crippen molar-refractivity contribution in [1.29, 1.82) is 0 Å². The summed E-state index contributed by atoms with van der Waals surface area (Å²) in [6.07, 6.45) is 1.93. The maximum absolute atomic E-state index is 14.3. The van der Waals surface area contributed by atoms with Gasteiger partial charge < -0.3 is 25.4 Å². The number of unbranched alkanes of at least 4 members (excludes halogenated alkanes) is 2. The maximum atomic E-state index is 14.3. The molecule has 0 bridgehead atoms. The molecule has 8 heteroatoms. The predicted octanol–water partition coefficient (Wildman–Crippen LogP) is 5.11. The van der Waals surface area contributed by atoms with Crippen LogP contribution < -0.4 is 10.6 Å². The highest BCUT2D eigenvalue weighted by atomic mass is 16.6. The van der Waals surface area contributed by atoms with Crippen LogP contribution in [0.4, 0.5) is 4.79 Å². The molecule has 0 heterocycles. The van der Waals surface area contributed by atoms with Gasteiger partial charge in [0, 0.05) is 24.6 Å². The molecule has 8 nitrogen and oxygen atoms in total. The molecule has 0 aliphatic carbocycles. The lowest BCUT2D eigenvalue weighted by molar-refractivity contribution is -0.142. The van der Waals surface area contributed by atoms with Gasteiger partial charge in [-0.3, -0.25) is 9.59 Å². The van der Waals surface area contributed by atoms with Gasteiger partial charge in [0.25, 0.3) is 0 Å². The summed E-state index contributed by atoms with van der Waals surface area (Å²) < 4.78 is 5.46. The molecule has 3 N–H and O–H groups in total. The van der Waals surface area contributed by atoms with E-state index in [0.717, 1.165) is 18.4 Å². The number of amides is 3. The number of ether oxygens (including phenoxy) is 1. The molecule has 2 aromatic carbocycles. The highest BCUT2D eigenvalue weighted by Gasteiger charge is 2.37. The molecule has 0 aliphatic heterocycles. The monoisotopic (exact) mass is 525 g/mol. The Labute approximate surface area is 226 Å². The summed E-state index contributed by atoms with van der Waals surface area (Å²) in [5.74, 6) is -0.908. The SMILES string of the molecule is CCCCCN(C(=O)C(Cc1ccccc1)NC(=O)OC(C)(C)C)C(C(=O)NC(C)C)c1ccccc1O. The third-order valence-electron chi connectivity index (χ3n) is 5.78. The second kappa shape index (κ2) is 14.4. The van der Waals surface area contributed by atoms with Gasteiger partial charge >= 0.3 is 6.09 Å². The van der Waals surface area contributed by atoms with Crippen LogP contribution in [-0.2, 0) is 20.7 Å². The van der Waals surface area contributed by atoms with E-state index < -0.39 is 35.6 Å². The lowest BCUT2D eigenvalue weighted by Crippen LogP contribution is -2.54. The van der Waals surface area contributed by atoms with Gasteiger partial charge in [0.1, 0.15) is 23.4 Å². The molecule has 208 valence electrons. The number of alkyl carbamates (subject to hydrolysis) is 1. The number of para-hydroxylation sites is 1. The Morgan fingerprint density at radius 1 is 0.947 bits per heavy atom. The largest absolute Gasteiger partial charge is 0.508 e. The summed E-state index contributed by atoms with van der Waals surface area (Å²) in [4.78, 5) is 42.1. The molecule has 0 fully saturated rings. The summed E-state index contributed by atoms with van der Waals surface area (Å²) in [5, 5.41) is 16.4. The van der Waals surface area contributed by atoms with Crippen LogP contribution in [0.15, 0.2) is 54.6 Å². The summed E-state index contributed by atoms with van der Waals surface area (Å²) in [6, 6.07) is 13.7. The van der Waals surface area contributed by atoms with Crippen molar-refractivity contribution in [3.05, 3.63) is 65.7 Å².